The molecule has 136 valence electrons. The van der Waals surface area contributed by atoms with Crippen molar-refractivity contribution >= 4 is 17.5 Å². The van der Waals surface area contributed by atoms with Crippen LogP contribution in [0.4, 0.5) is 5.69 Å². The number of anilines is 1. The van der Waals surface area contributed by atoms with E-state index < -0.39 is 0 Å². The van der Waals surface area contributed by atoms with Crippen LogP contribution in [-0.2, 0) is 11.2 Å². The van der Waals surface area contributed by atoms with Crippen LogP contribution in [0.5, 0.6) is 5.75 Å². The smallest absolute Gasteiger partial charge is 0.251 e. The molecule has 0 saturated carbocycles. The Balaban J connectivity index is 1.51. The summed E-state index contributed by atoms with van der Waals surface area (Å²) >= 11 is 0. The molecule has 26 heavy (non-hydrogen) atoms. The monoisotopic (exact) mass is 352 g/mol. The van der Waals surface area contributed by atoms with Crippen LogP contribution in [0.2, 0.25) is 0 Å². The van der Waals surface area contributed by atoms with Crippen LogP contribution in [0, 0.1) is 0 Å². The minimum absolute atomic E-state index is 0.107. The van der Waals surface area contributed by atoms with Gasteiger partial charge in [-0.15, -0.1) is 0 Å². The molecule has 0 aromatic heterocycles. The van der Waals surface area contributed by atoms with E-state index in [1.54, 1.807) is 24.1 Å². The van der Waals surface area contributed by atoms with Crippen LogP contribution < -0.4 is 15.0 Å². The van der Waals surface area contributed by atoms with Crippen molar-refractivity contribution in [1.29, 1.82) is 0 Å². The van der Waals surface area contributed by atoms with Gasteiger partial charge in [0, 0.05) is 30.8 Å². The lowest BCUT2D eigenvalue weighted by Gasteiger charge is -2.16. The predicted molar refractivity (Wildman–Crippen MR) is 102 cm³/mol. The van der Waals surface area contributed by atoms with E-state index in [9.17, 15) is 9.59 Å². The van der Waals surface area contributed by atoms with E-state index in [0.29, 0.717) is 18.5 Å². The molecular weight excluding hydrogens is 328 g/mol. The quantitative estimate of drug-likeness (QED) is 0.779. The van der Waals surface area contributed by atoms with Crippen molar-refractivity contribution in [3.05, 3.63) is 59.7 Å². The summed E-state index contributed by atoms with van der Waals surface area (Å²) in [7, 11) is 1.66. The summed E-state index contributed by atoms with van der Waals surface area (Å²) in [5, 5.41) is 2.95. The summed E-state index contributed by atoms with van der Waals surface area (Å²) in [6.45, 7) is 1.33. The number of methoxy groups -OCH3 is 1. The lowest BCUT2D eigenvalue weighted by Crippen LogP contribution is -2.26. The second kappa shape index (κ2) is 8.52. The summed E-state index contributed by atoms with van der Waals surface area (Å²) in [4.78, 5) is 26.0. The van der Waals surface area contributed by atoms with E-state index in [1.807, 2.05) is 30.3 Å². The molecule has 0 aliphatic carbocycles. The molecule has 1 aliphatic rings. The van der Waals surface area contributed by atoms with Gasteiger partial charge in [-0.05, 0) is 55.2 Å². The number of nitrogens with one attached hydrogen (secondary N) is 1. The second-order valence-corrected chi connectivity index (χ2v) is 6.41. The van der Waals surface area contributed by atoms with E-state index in [0.717, 1.165) is 37.2 Å². The number of aryl methyl sites for hydroxylation is 1. The maximum absolute atomic E-state index is 12.4. The van der Waals surface area contributed by atoms with Gasteiger partial charge in [-0.1, -0.05) is 18.2 Å². The average Bonchev–Trinajstić information content (AvgIpc) is 3.11. The molecule has 0 bridgehead atoms. The van der Waals surface area contributed by atoms with Crippen LogP contribution >= 0.6 is 0 Å². The summed E-state index contributed by atoms with van der Waals surface area (Å²) in [5.74, 6) is 0.866. The minimum atomic E-state index is -0.107. The van der Waals surface area contributed by atoms with Crippen LogP contribution in [0.1, 0.15) is 35.2 Å². The number of carbonyl (C=O) groups excluding carboxylic acids is 2. The standard InChI is InChI=1S/C21H24N2O3/c1-26-19-10-2-6-16(14-19)7-4-12-22-21(25)17-8-3-9-18(15-17)23-13-5-11-20(23)24/h2-3,6,8-10,14-15H,4-5,7,11-13H2,1H3,(H,22,25). The number of rotatable bonds is 7. The molecule has 1 saturated heterocycles. The summed E-state index contributed by atoms with van der Waals surface area (Å²) in [6, 6.07) is 15.2. The van der Waals surface area contributed by atoms with E-state index in [4.69, 9.17) is 4.74 Å². The minimum Gasteiger partial charge on any atom is -0.497 e. The first-order valence-electron chi connectivity index (χ1n) is 8.99. The lowest BCUT2D eigenvalue weighted by molar-refractivity contribution is -0.117. The molecule has 0 radical (unpaired) electrons. The maximum Gasteiger partial charge on any atom is 0.251 e. The van der Waals surface area contributed by atoms with Crippen LogP contribution in [0.25, 0.3) is 0 Å². The summed E-state index contributed by atoms with van der Waals surface area (Å²) in [6.07, 6.45) is 3.18. The molecule has 2 aromatic carbocycles. The number of amides is 2. The SMILES string of the molecule is COc1cccc(CCCNC(=O)c2cccc(N3CCCC3=O)c2)c1. The third kappa shape index (κ3) is 4.42. The fourth-order valence-corrected chi connectivity index (χ4v) is 3.16. The maximum atomic E-state index is 12.4. The van der Waals surface area contributed by atoms with Crippen molar-refractivity contribution in [3.63, 3.8) is 0 Å². The molecule has 5 heteroatoms. The molecule has 2 amide bonds. The molecule has 0 atom stereocenters. The highest BCUT2D eigenvalue weighted by Gasteiger charge is 2.22. The first-order valence-corrected chi connectivity index (χ1v) is 8.99. The van der Waals surface area contributed by atoms with Crippen LogP contribution in [0.15, 0.2) is 48.5 Å². The van der Waals surface area contributed by atoms with Gasteiger partial charge >= 0.3 is 0 Å². The van der Waals surface area contributed by atoms with E-state index in [1.165, 1.54) is 5.56 Å². The van der Waals surface area contributed by atoms with Crippen molar-refractivity contribution in [2.75, 3.05) is 25.1 Å². The Morgan fingerprint density at radius 1 is 1.19 bits per heavy atom. The number of carbonyl (C=O) groups is 2. The Labute approximate surface area is 154 Å². The van der Waals surface area contributed by atoms with Gasteiger partial charge in [0.25, 0.3) is 5.91 Å². The van der Waals surface area contributed by atoms with E-state index >= 15 is 0 Å². The number of benzene rings is 2. The lowest BCUT2D eigenvalue weighted by atomic mass is 10.1. The molecule has 3 rings (SSSR count). The van der Waals surface area contributed by atoms with Crippen LogP contribution in [0.3, 0.4) is 0 Å². The number of hydrogen-bond donors (Lipinski definition) is 1. The van der Waals surface area contributed by atoms with Crippen molar-refractivity contribution in [3.8, 4) is 5.75 Å². The predicted octanol–water partition coefficient (Wildman–Crippen LogP) is 3.18. The molecule has 0 spiro atoms. The van der Waals surface area contributed by atoms with Crippen molar-refractivity contribution < 1.29 is 14.3 Å². The molecule has 5 nitrogen and oxygen atoms in total. The van der Waals surface area contributed by atoms with Gasteiger partial charge < -0.3 is 15.0 Å². The van der Waals surface area contributed by atoms with Crippen LogP contribution in [-0.4, -0.2) is 32.0 Å². The van der Waals surface area contributed by atoms with Gasteiger partial charge in [0.2, 0.25) is 5.91 Å². The average molecular weight is 352 g/mol. The van der Waals surface area contributed by atoms with Crippen molar-refractivity contribution in [1.82, 2.24) is 5.32 Å². The van der Waals surface area contributed by atoms with Crippen molar-refractivity contribution in [2.45, 2.75) is 25.7 Å². The van der Waals surface area contributed by atoms with Crippen molar-refractivity contribution in [2.24, 2.45) is 0 Å². The molecule has 0 unspecified atom stereocenters. The van der Waals surface area contributed by atoms with Gasteiger partial charge in [-0.25, -0.2) is 0 Å². The molecule has 2 aromatic rings. The zero-order chi connectivity index (χ0) is 18.4. The number of nitrogens with zero attached hydrogens (tertiary/aromatic N) is 1. The van der Waals surface area contributed by atoms with Gasteiger partial charge in [-0.2, -0.15) is 0 Å². The molecule has 1 aliphatic heterocycles. The molecular formula is C21H24N2O3. The second-order valence-electron chi connectivity index (χ2n) is 6.41. The highest BCUT2D eigenvalue weighted by atomic mass is 16.5. The van der Waals surface area contributed by atoms with Gasteiger partial charge in [0.05, 0.1) is 7.11 Å². The third-order valence-corrected chi connectivity index (χ3v) is 4.56. The van der Waals surface area contributed by atoms with E-state index in [2.05, 4.69) is 11.4 Å². The normalized spacial score (nSPS) is 13.7. The molecule has 1 fully saturated rings. The Morgan fingerprint density at radius 2 is 2.04 bits per heavy atom. The Morgan fingerprint density at radius 3 is 2.81 bits per heavy atom. The van der Waals surface area contributed by atoms with E-state index in [-0.39, 0.29) is 11.8 Å². The highest BCUT2D eigenvalue weighted by Crippen LogP contribution is 2.22. The molecule has 1 N–H and O–H groups in total. The Hall–Kier alpha value is -2.82. The Bertz CT molecular complexity index is 788. The zero-order valence-corrected chi connectivity index (χ0v) is 15.0. The zero-order valence-electron chi connectivity index (χ0n) is 15.0. The highest BCUT2D eigenvalue weighted by molar-refractivity contribution is 5.99. The largest absolute Gasteiger partial charge is 0.497 e. The van der Waals surface area contributed by atoms with Gasteiger partial charge in [-0.3, -0.25) is 9.59 Å². The fraction of sp³-hybridized carbons (Fsp3) is 0.333. The first kappa shape index (κ1) is 18.0. The topological polar surface area (TPSA) is 58.6 Å². The van der Waals surface area contributed by atoms with Gasteiger partial charge in [0.1, 0.15) is 5.75 Å². The van der Waals surface area contributed by atoms with Gasteiger partial charge in [0.15, 0.2) is 0 Å². The number of ether oxygens (including phenoxy) is 1. The number of hydrogen-bond acceptors (Lipinski definition) is 3. The Kier molecular flexibility index (Phi) is 5.89. The third-order valence-electron chi connectivity index (χ3n) is 4.56. The molecule has 1 heterocycles. The summed E-state index contributed by atoms with van der Waals surface area (Å²) in [5.41, 5.74) is 2.58. The first-order chi connectivity index (χ1) is 12.7. The summed E-state index contributed by atoms with van der Waals surface area (Å²) < 4.78 is 5.22. The fourth-order valence-electron chi connectivity index (χ4n) is 3.16.